The number of carbonyl (C=O) groups excluding carboxylic acids is 1. The summed E-state index contributed by atoms with van der Waals surface area (Å²) in [6.07, 6.45) is 1.85. The molecular formula is C14H25N3O2S2. The second-order valence-corrected chi connectivity index (χ2v) is 7.33. The van der Waals surface area contributed by atoms with E-state index in [4.69, 9.17) is 17.0 Å². The Bertz CT molecular complexity index is 384. The van der Waals surface area contributed by atoms with Gasteiger partial charge in [0.15, 0.2) is 0 Å². The molecule has 0 aromatic heterocycles. The molecular weight excluding hydrogens is 306 g/mol. The minimum Gasteiger partial charge on any atom is -0.450 e. The zero-order chi connectivity index (χ0) is 15.4. The topological polar surface area (TPSA) is 36.0 Å². The molecule has 21 heavy (non-hydrogen) atoms. The van der Waals surface area contributed by atoms with Crippen LogP contribution in [0.4, 0.5) is 4.79 Å². The van der Waals surface area contributed by atoms with Gasteiger partial charge in [-0.2, -0.15) is 0 Å². The molecule has 2 saturated heterocycles. The SMILES string of the molecule is CCOC(=O)N1CCC(N2CSC(=S)N(C(C)C)C2)CC1. The predicted molar refractivity (Wildman–Crippen MR) is 90.4 cm³/mol. The maximum Gasteiger partial charge on any atom is 0.409 e. The molecule has 0 N–H and O–H groups in total. The summed E-state index contributed by atoms with van der Waals surface area (Å²) in [6.45, 7) is 9.14. The van der Waals surface area contributed by atoms with Gasteiger partial charge in [-0.1, -0.05) is 24.0 Å². The second-order valence-electron chi connectivity index (χ2n) is 5.75. The molecule has 0 atom stereocenters. The third kappa shape index (κ3) is 4.23. The Morgan fingerprint density at radius 3 is 2.67 bits per heavy atom. The molecule has 2 rings (SSSR count). The highest BCUT2D eigenvalue weighted by atomic mass is 32.2. The molecule has 2 heterocycles. The van der Waals surface area contributed by atoms with Gasteiger partial charge in [0.2, 0.25) is 0 Å². The molecule has 5 nitrogen and oxygen atoms in total. The molecule has 0 spiro atoms. The zero-order valence-corrected chi connectivity index (χ0v) is 14.7. The van der Waals surface area contributed by atoms with Crippen molar-refractivity contribution in [2.75, 3.05) is 32.2 Å². The molecule has 0 aromatic rings. The molecule has 2 aliphatic heterocycles. The first kappa shape index (κ1) is 16.8. The van der Waals surface area contributed by atoms with Crippen molar-refractivity contribution in [1.82, 2.24) is 14.7 Å². The van der Waals surface area contributed by atoms with Gasteiger partial charge in [-0.25, -0.2) is 4.79 Å². The van der Waals surface area contributed by atoms with Crippen molar-refractivity contribution in [3.63, 3.8) is 0 Å². The van der Waals surface area contributed by atoms with Crippen LogP contribution in [0.1, 0.15) is 33.6 Å². The standard InChI is InChI=1S/C14H25N3O2S2/c1-4-19-13(18)15-7-5-12(6-8-15)16-9-17(11(2)3)14(20)21-10-16/h11-12H,4-10H2,1-3H3. The van der Waals surface area contributed by atoms with E-state index < -0.39 is 0 Å². The van der Waals surface area contributed by atoms with Crippen LogP contribution in [0.5, 0.6) is 0 Å². The minimum atomic E-state index is -0.172. The fraction of sp³-hybridized carbons (Fsp3) is 0.857. The Labute approximate surface area is 137 Å². The molecule has 120 valence electrons. The van der Waals surface area contributed by atoms with Crippen molar-refractivity contribution in [2.24, 2.45) is 0 Å². The highest BCUT2D eigenvalue weighted by molar-refractivity contribution is 8.22. The number of amides is 1. The van der Waals surface area contributed by atoms with Gasteiger partial charge in [0, 0.05) is 25.2 Å². The lowest BCUT2D eigenvalue weighted by Gasteiger charge is -2.44. The smallest absolute Gasteiger partial charge is 0.409 e. The Hall–Kier alpha value is -0.530. The van der Waals surface area contributed by atoms with Crippen molar-refractivity contribution in [3.8, 4) is 0 Å². The van der Waals surface area contributed by atoms with E-state index in [1.807, 2.05) is 11.8 Å². The first-order chi connectivity index (χ1) is 10.0. The second kappa shape index (κ2) is 7.65. The summed E-state index contributed by atoms with van der Waals surface area (Å²) in [5.41, 5.74) is 0. The highest BCUT2D eigenvalue weighted by Crippen LogP contribution is 2.26. The van der Waals surface area contributed by atoms with Crippen molar-refractivity contribution >= 4 is 34.4 Å². The molecule has 0 aromatic carbocycles. The van der Waals surface area contributed by atoms with E-state index in [-0.39, 0.29) is 6.09 Å². The van der Waals surface area contributed by atoms with E-state index in [2.05, 4.69) is 23.6 Å². The van der Waals surface area contributed by atoms with E-state index in [9.17, 15) is 4.79 Å². The summed E-state index contributed by atoms with van der Waals surface area (Å²) in [5.74, 6) is 0.964. The number of thiocarbonyl (C=S) groups is 1. The fourth-order valence-electron chi connectivity index (χ4n) is 2.74. The Morgan fingerprint density at radius 2 is 2.10 bits per heavy atom. The monoisotopic (exact) mass is 331 g/mol. The Kier molecular flexibility index (Phi) is 6.13. The molecule has 2 aliphatic rings. The number of hydrogen-bond donors (Lipinski definition) is 0. The lowest BCUT2D eigenvalue weighted by atomic mass is 10.0. The van der Waals surface area contributed by atoms with Gasteiger partial charge >= 0.3 is 6.09 Å². The quantitative estimate of drug-likeness (QED) is 0.740. The van der Waals surface area contributed by atoms with Gasteiger partial charge in [0.25, 0.3) is 0 Å². The maximum atomic E-state index is 11.7. The molecule has 0 bridgehead atoms. The molecule has 0 unspecified atom stereocenters. The third-order valence-electron chi connectivity index (χ3n) is 4.05. The molecule has 2 fully saturated rings. The van der Waals surface area contributed by atoms with Crippen molar-refractivity contribution in [3.05, 3.63) is 0 Å². The van der Waals surface area contributed by atoms with Gasteiger partial charge < -0.3 is 14.5 Å². The van der Waals surface area contributed by atoms with Crippen LogP contribution in [-0.4, -0.2) is 69.4 Å². The van der Waals surface area contributed by atoms with E-state index in [1.54, 1.807) is 11.8 Å². The number of thioether (sulfide) groups is 1. The van der Waals surface area contributed by atoms with Gasteiger partial charge in [-0.05, 0) is 33.6 Å². The average Bonchev–Trinajstić information content (AvgIpc) is 2.48. The summed E-state index contributed by atoms with van der Waals surface area (Å²) in [7, 11) is 0. The number of piperidine rings is 1. The van der Waals surface area contributed by atoms with Crippen molar-refractivity contribution in [1.29, 1.82) is 0 Å². The van der Waals surface area contributed by atoms with E-state index in [1.165, 1.54) is 0 Å². The van der Waals surface area contributed by atoms with Crippen LogP contribution in [0.25, 0.3) is 0 Å². The van der Waals surface area contributed by atoms with E-state index in [0.29, 0.717) is 18.7 Å². The lowest BCUT2D eigenvalue weighted by Crippen LogP contribution is -2.54. The van der Waals surface area contributed by atoms with Crippen LogP contribution in [0.15, 0.2) is 0 Å². The van der Waals surface area contributed by atoms with Crippen LogP contribution >= 0.6 is 24.0 Å². The van der Waals surface area contributed by atoms with Crippen LogP contribution in [0, 0.1) is 0 Å². The predicted octanol–water partition coefficient (Wildman–Crippen LogP) is 2.57. The average molecular weight is 332 g/mol. The Balaban J connectivity index is 1.85. The summed E-state index contributed by atoms with van der Waals surface area (Å²) in [4.78, 5) is 18.3. The molecule has 7 heteroatoms. The minimum absolute atomic E-state index is 0.172. The van der Waals surface area contributed by atoms with Crippen molar-refractivity contribution < 1.29 is 9.53 Å². The van der Waals surface area contributed by atoms with Gasteiger partial charge in [-0.3, -0.25) is 4.90 Å². The van der Waals surface area contributed by atoms with Gasteiger partial charge in [-0.15, -0.1) is 0 Å². The van der Waals surface area contributed by atoms with Crippen molar-refractivity contribution in [2.45, 2.75) is 45.7 Å². The normalized spacial score (nSPS) is 22.0. The summed E-state index contributed by atoms with van der Waals surface area (Å²) < 4.78 is 6.07. The maximum absolute atomic E-state index is 11.7. The van der Waals surface area contributed by atoms with E-state index in [0.717, 1.165) is 42.8 Å². The number of likely N-dealkylation sites (tertiary alicyclic amines) is 1. The number of rotatable bonds is 3. The third-order valence-corrected chi connectivity index (χ3v) is 5.58. The zero-order valence-electron chi connectivity index (χ0n) is 13.1. The molecule has 0 saturated carbocycles. The lowest BCUT2D eigenvalue weighted by molar-refractivity contribution is 0.0656. The first-order valence-electron chi connectivity index (χ1n) is 7.62. The van der Waals surface area contributed by atoms with Crippen LogP contribution < -0.4 is 0 Å². The summed E-state index contributed by atoms with van der Waals surface area (Å²) in [6, 6.07) is 0.972. The van der Waals surface area contributed by atoms with Gasteiger partial charge in [0.1, 0.15) is 4.32 Å². The number of ether oxygens (including phenoxy) is 1. The molecule has 1 amide bonds. The fourth-order valence-corrected chi connectivity index (χ4v) is 4.17. The van der Waals surface area contributed by atoms with E-state index >= 15 is 0 Å². The largest absolute Gasteiger partial charge is 0.450 e. The van der Waals surface area contributed by atoms with Crippen LogP contribution in [0.3, 0.4) is 0 Å². The number of hydrogen-bond acceptors (Lipinski definition) is 5. The summed E-state index contributed by atoms with van der Waals surface area (Å²) >= 11 is 7.18. The Morgan fingerprint density at radius 1 is 1.43 bits per heavy atom. The molecule has 0 radical (unpaired) electrons. The van der Waals surface area contributed by atoms with Gasteiger partial charge in [0.05, 0.1) is 19.2 Å². The first-order valence-corrected chi connectivity index (χ1v) is 9.01. The number of nitrogens with zero attached hydrogens (tertiary/aromatic N) is 3. The highest BCUT2D eigenvalue weighted by Gasteiger charge is 2.32. The van der Waals surface area contributed by atoms with Crippen LogP contribution in [0.2, 0.25) is 0 Å². The summed E-state index contributed by atoms with van der Waals surface area (Å²) in [5, 5.41) is 0. The molecule has 0 aliphatic carbocycles. The number of carbonyl (C=O) groups is 1. The van der Waals surface area contributed by atoms with Crippen LogP contribution in [-0.2, 0) is 4.74 Å².